The fourth-order valence-corrected chi connectivity index (χ4v) is 2.39. The van der Waals surface area contributed by atoms with Gasteiger partial charge in [0.15, 0.2) is 0 Å². The molecule has 0 aromatic rings. The molecule has 0 fully saturated rings. The lowest BCUT2D eigenvalue weighted by molar-refractivity contribution is 0.133. The largest absolute Gasteiger partial charge is 0.330 e. The Labute approximate surface area is 118 Å². The second-order valence-electron chi connectivity index (χ2n) is 5.56. The van der Waals surface area contributed by atoms with E-state index in [1.165, 1.54) is 64.2 Å². The van der Waals surface area contributed by atoms with Crippen LogP contribution in [0.4, 0.5) is 8.78 Å². The summed E-state index contributed by atoms with van der Waals surface area (Å²) in [5.41, 5.74) is 5.45. The van der Waals surface area contributed by atoms with E-state index in [2.05, 4.69) is 0 Å². The third-order valence-electron chi connectivity index (χ3n) is 3.63. The Kier molecular flexibility index (Phi) is 15.7. The van der Waals surface area contributed by atoms with Crippen molar-refractivity contribution in [2.24, 2.45) is 5.73 Å². The Morgan fingerprint density at radius 2 is 0.842 bits per heavy atom. The van der Waals surface area contributed by atoms with Crippen LogP contribution in [-0.4, -0.2) is 13.0 Å². The topological polar surface area (TPSA) is 26.0 Å². The van der Waals surface area contributed by atoms with Gasteiger partial charge in [-0.3, -0.25) is 0 Å². The molecule has 0 heterocycles. The molecule has 116 valence electrons. The highest BCUT2D eigenvalue weighted by Gasteiger charge is 2.00. The van der Waals surface area contributed by atoms with Crippen LogP contribution in [-0.2, 0) is 0 Å². The third-order valence-corrected chi connectivity index (χ3v) is 3.63. The Bertz CT molecular complexity index is 163. The van der Waals surface area contributed by atoms with Crippen molar-refractivity contribution in [3.63, 3.8) is 0 Å². The summed E-state index contributed by atoms with van der Waals surface area (Å²) >= 11 is 0. The smallest absolute Gasteiger partial charge is 0.238 e. The van der Waals surface area contributed by atoms with Gasteiger partial charge in [-0.15, -0.1) is 0 Å². The van der Waals surface area contributed by atoms with Crippen LogP contribution in [0.1, 0.15) is 89.9 Å². The molecule has 0 radical (unpaired) electrons. The van der Waals surface area contributed by atoms with Crippen LogP contribution < -0.4 is 5.73 Å². The van der Waals surface area contributed by atoms with Crippen molar-refractivity contribution in [1.29, 1.82) is 0 Å². The molecule has 0 atom stereocenters. The Morgan fingerprint density at radius 3 is 1.16 bits per heavy atom. The van der Waals surface area contributed by atoms with Crippen LogP contribution in [0, 0.1) is 0 Å². The van der Waals surface area contributed by atoms with Gasteiger partial charge in [-0.1, -0.05) is 70.6 Å². The highest BCUT2D eigenvalue weighted by atomic mass is 19.3. The first kappa shape index (κ1) is 18.8. The van der Waals surface area contributed by atoms with Crippen molar-refractivity contribution >= 4 is 0 Å². The molecule has 0 spiro atoms. The summed E-state index contributed by atoms with van der Waals surface area (Å²) in [5.74, 6) is 0. The van der Waals surface area contributed by atoms with Crippen molar-refractivity contribution in [3.05, 3.63) is 0 Å². The van der Waals surface area contributed by atoms with Crippen molar-refractivity contribution in [3.8, 4) is 0 Å². The third kappa shape index (κ3) is 17.8. The van der Waals surface area contributed by atoms with Gasteiger partial charge in [-0.25, -0.2) is 8.78 Å². The van der Waals surface area contributed by atoms with E-state index in [1.807, 2.05) is 0 Å². The number of unbranched alkanes of at least 4 members (excludes halogenated alkanes) is 12. The van der Waals surface area contributed by atoms with Crippen LogP contribution in [0.25, 0.3) is 0 Å². The van der Waals surface area contributed by atoms with Gasteiger partial charge in [-0.05, 0) is 19.4 Å². The van der Waals surface area contributed by atoms with Gasteiger partial charge < -0.3 is 5.73 Å². The minimum absolute atomic E-state index is 0.0875. The molecule has 0 amide bonds. The quantitative estimate of drug-likeness (QED) is 0.383. The molecular formula is C16H33F2N. The second kappa shape index (κ2) is 15.9. The van der Waals surface area contributed by atoms with Gasteiger partial charge >= 0.3 is 0 Å². The van der Waals surface area contributed by atoms with Crippen LogP contribution in [0.3, 0.4) is 0 Å². The second-order valence-corrected chi connectivity index (χ2v) is 5.56. The molecule has 0 aliphatic rings. The summed E-state index contributed by atoms with van der Waals surface area (Å²) < 4.78 is 23.7. The number of rotatable bonds is 15. The molecule has 0 saturated carbocycles. The average molecular weight is 277 g/mol. The van der Waals surface area contributed by atoms with E-state index in [0.717, 1.165) is 19.4 Å². The number of hydrogen-bond acceptors (Lipinski definition) is 1. The maximum atomic E-state index is 11.9. The van der Waals surface area contributed by atoms with Crippen molar-refractivity contribution < 1.29 is 8.78 Å². The summed E-state index contributed by atoms with van der Waals surface area (Å²) in [6, 6.07) is 0. The van der Waals surface area contributed by atoms with E-state index < -0.39 is 6.43 Å². The zero-order valence-corrected chi connectivity index (χ0v) is 12.5. The van der Waals surface area contributed by atoms with Crippen LogP contribution in [0.2, 0.25) is 0 Å². The number of hydrogen-bond donors (Lipinski definition) is 1. The van der Waals surface area contributed by atoms with E-state index in [9.17, 15) is 8.78 Å². The molecular weight excluding hydrogens is 244 g/mol. The summed E-state index contributed by atoms with van der Waals surface area (Å²) in [5, 5.41) is 0. The van der Waals surface area contributed by atoms with Gasteiger partial charge in [0, 0.05) is 6.42 Å². The molecule has 0 bridgehead atoms. The fraction of sp³-hybridized carbons (Fsp3) is 1.00. The van der Waals surface area contributed by atoms with E-state index in [-0.39, 0.29) is 6.42 Å². The molecule has 0 saturated heterocycles. The van der Waals surface area contributed by atoms with Crippen molar-refractivity contribution in [1.82, 2.24) is 0 Å². The lowest BCUT2D eigenvalue weighted by Gasteiger charge is -2.03. The summed E-state index contributed by atoms with van der Waals surface area (Å²) in [7, 11) is 0. The summed E-state index contributed by atoms with van der Waals surface area (Å²) in [6.07, 6.45) is 13.8. The van der Waals surface area contributed by atoms with E-state index in [0.29, 0.717) is 6.42 Å². The van der Waals surface area contributed by atoms with Gasteiger partial charge in [0.25, 0.3) is 0 Å². The Morgan fingerprint density at radius 1 is 0.526 bits per heavy atom. The molecule has 19 heavy (non-hydrogen) atoms. The first-order chi connectivity index (χ1) is 9.27. The highest BCUT2D eigenvalue weighted by Crippen LogP contribution is 2.13. The normalized spacial score (nSPS) is 11.4. The molecule has 0 aromatic carbocycles. The predicted octanol–water partition coefficient (Wildman–Crippen LogP) is 5.67. The zero-order chi connectivity index (χ0) is 14.2. The van der Waals surface area contributed by atoms with Crippen molar-refractivity contribution in [2.75, 3.05) is 6.54 Å². The monoisotopic (exact) mass is 277 g/mol. The minimum Gasteiger partial charge on any atom is -0.330 e. The first-order valence-corrected chi connectivity index (χ1v) is 8.25. The maximum absolute atomic E-state index is 11.9. The molecule has 0 unspecified atom stereocenters. The lowest BCUT2D eigenvalue weighted by atomic mass is 10.0. The molecule has 1 nitrogen and oxygen atoms in total. The number of nitrogens with two attached hydrogens (primary N) is 1. The average Bonchev–Trinajstić information content (AvgIpc) is 2.39. The maximum Gasteiger partial charge on any atom is 0.238 e. The molecule has 0 rings (SSSR count). The molecule has 3 heteroatoms. The fourth-order valence-electron chi connectivity index (χ4n) is 2.39. The van der Waals surface area contributed by atoms with E-state index in [4.69, 9.17) is 5.73 Å². The van der Waals surface area contributed by atoms with Crippen LogP contribution in [0.15, 0.2) is 0 Å². The predicted molar refractivity (Wildman–Crippen MR) is 79.7 cm³/mol. The molecule has 0 aromatic heterocycles. The minimum atomic E-state index is -2.11. The van der Waals surface area contributed by atoms with Gasteiger partial charge in [0.2, 0.25) is 6.43 Å². The lowest BCUT2D eigenvalue weighted by Crippen LogP contribution is -1.97. The molecule has 0 aliphatic heterocycles. The summed E-state index contributed by atoms with van der Waals surface area (Å²) in [6.45, 7) is 0.831. The van der Waals surface area contributed by atoms with Gasteiger partial charge in [-0.2, -0.15) is 0 Å². The number of halogens is 2. The molecule has 2 N–H and O–H groups in total. The zero-order valence-electron chi connectivity index (χ0n) is 12.5. The van der Waals surface area contributed by atoms with Crippen LogP contribution in [0.5, 0.6) is 0 Å². The van der Waals surface area contributed by atoms with E-state index >= 15 is 0 Å². The number of alkyl halides is 2. The van der Waals surface area contributed by atoms with Crippen molar-refractivity contribution in [2.45, 2.75) is 96.3 Å². The molecule has 0 aliphatic carbocycles. The SMILES string of the molecule is NCCCCCCCCCCCCCCCC(F)F. The first-order valence-electron chi connectivity index (χ1n) is 8.25. The summed E-state index contributed by atoms with van der Waals surface area (Å²) in [4.78, 5) is 0. The standard InChI is InChI=1S/C16H33F2N/c17-16(18)14-12-10-8-6-4-2-1-3-5-7-9-11-13-15-19/h16H,1-15,19H2. The van der Waals surface area contributed by atoms with Crippen LogP contribution >= 0.6 is 0 Å². The Hall–Kier alpha value is -0.180. The Balaban J connectivity index is 2.91. The highest BCUT2D eigenvalue weighted by molar-refractivity contribution is 4.50. The van der Waals surface area contributed by atoms with E-state index in [1.54, 1.807) is 0 Å². The van der Waals surface area contributed by atoms with Gasteiger partial charge in [0.05, 0.1) is 0 Å². The van der Waals surface area contributed by atoms with Gasteiger partial charge in [0.1, 0.15) is 0 Å².